The van der Waals surface area contributed by atoms with Crippen LogP contribution in [0.15, 0.2) is 46.6 Å². The number of aryl methyl sites for hydroxylation is 2. The van der Waals surface area contributed by atoms with E-state index in [2.05, 4.69) is 25.2 Å². The first-order valence-electron chi connectivity index (χ1n) is 7.19. The van der Waals surface area contributed by atoms with Crippen molar-refractivity contribution in [1.29, 1.82) is 0 Å². The van der Waals surface area contributed by atoms with Gasteiger partial charge in [-0.05, 0) is 51.5 Å². The van der Waals surface area contributed by atoms with Gasteiger partial charge in [-0.25, -0.2) is 0 Å². The van der Waals surface area contributed by atoms with E-state index in [1.165, 1.54) is 5.57 Å². The Balaban J connectivity index is 2.10. The van der Waals surface area contributed by atoms with Crippen LogP contribution in [-0.4, -0.2) is 11.6 Å². The average Bonchev–Trinajstić information content (AvgIpc) is 2.88. The smallest absolute Gasteiger partial charge is 0.124 e. The number of hydrogen-bond acceptors (Lipinski definition) is 3. The number of nitrogens with one attached hydrogen (secondary N) is 1. The van der Waals surface area contributed by atoms with Crippen molar-refractivity contribution in [2.75, 3.05) is 11.9 Å². The first-order chi connectivity index (χ1) is 10.5. The second-order valence-corrected chi connectivity index (χ2v) is 5.83. The Hall–Kier alpha value is -2.07. The van der Waals surface area contributed by atoms with E-state index in [1.807, 2.05) is 38.1 Å². The molecule has 2 aromatic rings. The molecule has 1 N–H and O–H groups in total. The molecule has 4 heteroatoms. The third-order valence-corrected chi connectivity index (χ3v) is 3.60. The molecular weight excluding hydrogens is 294 g/mol. The van der Waals surface area contributed by atoms with Gasteiger partial charge < -0.3 is 14.5 Å². The molecule has 0 saturated heterocycles. The van der Waals surface area contributed by atoms with Crippen LogP contribution in [0.25, 0.3) is 0 Å². The molecule has 0 radical (unpaired) electrons. The van der Waals surface area contributed by atoms with Gasteiger partial charge in [-0.3, -0.25) is 0 Å². The number of furan rings is 1. The average molecular weight is 315 g/mol. The summed E-state index contributed by atoms with van der Waals surface area (Å²) in [6, 6.07) is 7.84. The van der Waals surface area contributed by atoms with Crippen molar-refractivity contribution >= 4 is 22.9 Å². The lowest BCUT2D eigenvalue weighted by molar-refractivity contribution is 0.359. The predicted octanol–water partition coefficient (Wildman–Crippen LogP) is 5.03. The molecule has 0 amide bonds. The normalized spacial score (nSPS) is 10.2. The van der Waals surface area contributed by atoms with E-state index in [1.54, 1.807) is 6.26 Å². The molecule has 0 saturated carbocycles. The second kappa shape index (κ2) is 7.27. The fraction of sp³-hybridized carbons (Fsp3) is 0.278. The van der Waals surface area contributed by atoms with Crippen molar-refractivity contribution in [3.8, 4) is 5.75 Å². The number of benzene rings is 1. The van der Waals surface area contributed by atoms with E-state index in [4.69, 9.17) is 21.4 Å². The number of thiocarbonyl (C=S) groups is 1. The Kier molecular flexibility index (Phi) is 5.39. The minimum atomic E-state index is 0.567. The summed E-state index contributed by atoms with van der Waals surface area (Å²) in [5, 5.41) is 3.23. The van der Waals surface area contributed by atoms with Gasteiger partial charge >= 0.3 is 0 Å². The van der Waals surface area contributed by atoms with Crippen LogP contribution in [0.3, 0.4) is 0 Å². The molecule has 0 aliphatic heterocycles. The first kappa shape index (κ1) is 16.3. The summed E-state index contributed by atoms with van der Waals surface area (Å²) >= 11 is 5.42. The van der Waals surface area contributed by atoms with Gasteiger partial charge in [0.15, 0.2) is 0 Å². The number of ether oxygens (including phenoxy) is 1. The molecule has 1 aromatic carbocycles. The molecule has 0 bridgehead atoms. The van der Waals surface area contributed by atoms with Crippen molar-refractivity contribution in [2.24, 2.45) is 0 Å². The second-order valence-electron chi connectivity index (χ2n) is 5.42. The molecule has 0 aliphatic rings. The van der Waals surface area contributed by atoms with E-state index in [0.29, 0.717) is 11.6 Å². The van der Waals surface area contributed by atoms with Crippen LogP contribution in [0.4, 0.5) is 5.69 Å². The van der Waals surface area contributed by atoms with Gasteiger partial charge in [0.1, 0.15) is 23.1 Å². The quantitative estimate of drug-likeness (QED) is 0.620. The van der Waals surface area contributed by atoms with Crippen LogP contribution >= 0.6 is 12.2 Å². The minimum Gasteiger partial charge on any atom is -0.489 e. The number of hydrogen-bond donors (Lipinski definition) is 1. The van der Waals surface area contributed by atoms with Crippen molar-refractivity contribution in [1.82, 2.24) is 0 Å². The number of allylic oxidation sites excluding steroid dienone is 1. The molecule has 0 aliphatic carbocycles. The van der Waals surface area contributed by atoms with Crippen LogP contribution in [-0.2, 0) is 0 Å². The SMILES string of the molecule is CC(C)=CCOc1cc(NC(=S)c2ccoc2C)ccc1C. The van der Waals surface area contributed by atoms with Gasteiger partial charge in [0.2, 0.25) is 0 Å². The lowest BCUT2D eigenvalue weighted by atomic mass is 10.2. The maximum Gasteiger partial charge on any atom is 0.124 e. The summed E-state index contributed by atoms with van der Waals surface area (Å²) in [6.45, 7) is 8.60. The highest BCUT2D eigenvalue weighted by atomic mass is 32.1. The summed E-state index contributed by atoms with van der Waals surface area (Å²) in [5.41, 5.74) is 4.15. The molecule has 0 spiro atoms. The fourth-order valence-corrected chi connectivity index (χ4v) is 2.28. The number of rotatable bonds is 5. The molecule has 1 heterocycles. The summed E-state index contributed by atoms with van der Waals surface area (Å²) < 4.78 is 11.1. The molecule has 0 fully saturated rings. The van der Waals surface area contributed by atoms with Gasteiger partial charge in [0, 0.05) is 11.8 Å². The molecule has 1 aromatic heterocycles. The molecule has 0 atom stereocenters. The maximum atomic E-state index is 5.81. The summed E-state index contributed by atoms with van der Waals surface area (Å²) in [7, 11) is 0. The highest BCUT2D eigenvalue weighted by molar-refractivity contribution is 7.81. The van der Waals surface area contributed by atoms with Gasteiger partial charge in [-0.1, -0.05) is 23.9 Å². The third kappa shape index (κ3) is 4.21. The lowest BCUT2D eigenvalue weighted by Gasteiger charge is -2.12. The molecule has 22 heavy (non-hydrogen) atoms. The Morgan fingerprint density at radius 1 is 1.27 bits per heavy atom. The zero-order valence-electron chi connectivity index (χ0n) is 13.4. The lowest BCUT2D eigenvalue weighted by Crippen LogP contribution is -2.11. The van der Waals surface area contributed by atoms with Crippen LogP contribution in [0.5, 0.6) is 5.75 Å². The van der Waals surface area contributed by atoms with E-state index < -0.39 is 0 Å². The van der Waals surface area contributed by atoms with E-state index in [-0.39, 0.29) is 0 Å². The standard InChI is InChI=1S/C18H21NO2S/c1-12(2)7-9-21-17-11-15(6-5-13(17)3)19-18(22)16-8-10-20-14(16)4/h5-8,10-11H,9H2,1-4H3,(H,19,22). The molecule has 0 unspecified atom stereocenters. The van der Waals surface area contributed by atoms with Crippen molar-refractivity contribution < 1.29 is 9.15 Å². The molecule has 116 valence electrons. The largest absolute Gasteiger partial charge is 0.489 e. The Bertz CT molecular complexity index is 697. The topological polar surface area (TPSA) is 34.4 Å². The summed E-state index contributed by atoms with van der Waals surface area (Å²) in [5.74, 6) is 1.67. The highest BCUT2D eigenvalue weighted by Crippen LogP contribution is 2.24. The van der Waals surface area contributed by atoms with Gasteiger partial charge in [0.05, 0.1) is 11.8 Å². The van der Waals surface area contributed by atoms with E-state index in [0.717, 1.165) is 28.3 Å². The molecule has 3 nitrogen and oxygen atoms in total. The third-order valence-electron chi connectivity index (χ3n) is 3.28. The van der Waals surface area contributed by atoms with Gasteiger partial charge in [-0.15, -0.1) is 0 Å². The van der Waals surface area contributed by atoms with Crippen LogP contribution in [0.1, 0.15) is 30.7 Å². The molecular formula is C18H21NO2S. The Labute approximate surface area is 137 Å². The minimum absolute atomic E-state index is 0.567. The first-order valence-corrected chi connectivity index (χ1v) is 7.60. The maximum absolute atomic E-state index is 5.81. The van der Waals surface area contributed by atoms with Gasteiger partial charge in [-0.2, -0.15) is 0 Å². The van der Waals surface area contributed by atoms with Crippen molar-refractivity contribution in [3.05, 3.63) is 59.1 Å². The van der Waals surface area contributed by atoms with Crippen LogP contribution in [0, 0.1) is 13.8 Å². The highest BCUT2D eigenvalue weighted by Gasteiger charge is 2.09. The fourth-order valence-electron chi connectivity index (χ4n) is 1.95. The monoisotopic (exact) mass is 315 g/mol. The van der Waals surface area contributed by atoms with E-state index >= 15 is 0 Å². The number of anilines is 1. The van der Waals surface area contributed by atoms with Crippen LogP contribution in [0.2, 0.25) is 0 Å². The van der Waals surface area contributed by atoms with E-state index in [9.17, 15) is 0 Å². The Morgan fingerprint density at radius 3 is 2.68 bits per heavy atom. The summed E-state index contributed by atoms with van der Waals surface area (Å²) in [4.78, 5) is 0.644. The summed E-state index contributed by atoms with van der Waals surface area (Å²) in [6.07, 6.45) is 3.70. The van der Waals surface area contributed by atoms with Gasteiger partial charge in [0.25, 0.3) is 0 Å². The predicted molar refractivity (Wildman–Crippen MR) is 94.9 cm³/mol. The van der Waals surface area contributed by atoms with Crippen molar-refractivity contribution in [2.45, 2.75) is 27.7 Å². The zero-order chi connectivity index (χ0) is 16.1. The van der Waals surface area contributed by atoms with Crippen molar-refractivity contribution in [3.63, 3.8) is 0 Å². The Morgan fingerprint density at radius 2 is 2.05 bits per heavy atom. The zero-order valence-corrected chi connectivity index (χ0v) is 14.2. The van der Waals surface area contributed by atoms with Crippen LogP contribution < -0.4 is 10.1 Å². The molecule has 2 rings (SSSR count).